The Hall–Kier alpha value is -2.45. The Labute approximate surface area is 138 Å². The van der Waals surface area contributed by atoms with Crippen molar-refractivity contribution in [3.63, 3.8) is 0 Å². The number of likely N-dealkylation sites (tertiary alicyclic amines) is 1. The number of carbonyl (C=O) groups is 3. The molecule has 0 radical (unpaired) electrons. The summed E-state index contributed by atoms with van der Waals surface area (Å²) in [6.45, 7) is -0.0384. The number of aliphatic hydroxyl groups excluding tert-OH is 1. The van der Waals surface area contributed by atoms with Crippen molar-refractivity contribution in [2.45, 2.75) is 37.6 Å². The van der Waals surface area contributed by atoms with Gasteiger partial charge in [-0.05, 0) is 5.56 Å². The number of rotatable bonds is 6. The SMILES string of the molecule is N[C@@H](CC(=O)OCc1ccccc1)C(=O)N1CC(O)C[C@H]1C(=O)O. The summed E-state index contributed by atoms with van der Waals surface area (Å²) in [6.07, 6.45) is -1.32. The maximum Gasteiger partial charge on any atom is 0.326 e. The fraction of sp³-hybridized carbons (Fsp3) is 0.438. The van der Waals surface area contributed by atoms with Crippen LogP contribution in [0.5, 0.6) is 0 Å². The normalized spacial score (nSPS) is 21.3. The third-order valence-corrected chi connectivity index (χ3v) is 3.79. The van der Waals surface area contributed by atoms with Gasteiger partial charge in [0.2, 0.25) is 5.91 Å². The molecule has 1 heterocycles. The van der Waals surface area contributed by atoms with E-state index in [4.69, 9.17) is 15.6 Å². The molecule has 0 saturated carbocycles. The van der Waals surface area contributed by atoms with Crippen LogP contribution in [0.4, 0.5) is 0 Å². The minimum Gasteiger partial charge on any atom is -0.480 e. The maximum atomic E-state index is 12.2. The number of carbonyl (C=O) groups excluding carboxylic acids is 2. The van der Waals surface area contributed by atoms with Gasteiger partial charge in [0.1, 0.15) is 12.6 Å². The van der Waals surface area contributed by atoms with E-state index in [9.17, 15) is 19.5 Å². The minimum atomic E-state index is -1.21. The Balaban J connectivity index is 1.86. The van der Waals surface area contributed by atoms with Crippen LogP contribution < -0.4 is 5.73 Å². The van der Waals surface area contributed by atoms with E-state index >= 15 is 0 Å². The Bertz CT molecular complexity index is 606. The molecule has 0 aliphatic carbocycles. The van der Waals surface area contributed by atoms with Crippen molar-refractivity contribution >= 4 is 17.8 Å². The highest BCUT2D eigenvalue weighted by molar-refractivity contribution is 5.90. The first-order valence-corrected chi connectivity index (χ1v) is 7.55. The zero-order chi connectivity index (χ0) is 17.7. The van der Waals surface area contributed by atoms with Gasteiger partial charge < -0.3 is 25.6 Å². The Morgan fingerprint density at radius 2 is 1.96 bits per heavy atom. The first kappa shape index (κ1) is 17.9. The molecule has 3 atom stereocenters. The molecule has 1 unspecified atom stereocenters. The Morgan fingerprint density at radius 1 is 1.29 bits per heavy atom. The van der Waals surface area contributed by atoms with Crippen LogP contribution in [0.3, 0.4) is 0 Å². The summed E-state index contributed by atoms with van der Waals surface area (Å²) in [5.74, 6) is -2.54. The number of β-amino-alcohol motifs (C(OH)–C–C–N with tert-alkyl or cyclic N) is 1. The molecule has 0 aromatic heterocycles. The van der Waals surface area contributed by atoms with E-state index in [1.54, 1.807) is 12.1 Å². The molecule has 2 rings (SSSR count). The molecular weight excluding hydrogens is 316 g/mol. The van der Waals surface area contributed by atoms with Crippen LogP contribution in [0.2, 0.25) is 0 Å². The minimum absolute atomic E-state index is 0.0494. The lowest BCUT2D eigenvalue weighted by Gasteiger charge is -2.24. The predicted octanol–water partition coefficient (Wildman–Crippen LogP) is -0.506. The second kappa shape index (κ2) is 7.89. The van der Waals surface area contributed by atoms with Crippen molar-refractivity contribution in [1.82, 2.24) is 4.90 Å². The van der Waals surface area contributed by atoms with Gasteiger partial charge in [-0.1, -0.05) is 30.3 Å². The molecule has 4 N–H and O–H groups in total. The Morgan fingerprint density at radius 3 is 2.58 bits per heavy atom. The van der Waals surface area contributed by atoms with Gasteiger partial charge in [-0.15, -0.1) is 0 Å². The van der Waals surface area contributed by atoms with E-state index < -0.39 is 36.0 Å². The standard InChI is InChI=1S/C16H20N2O6/c17-12(7-14(20)24-9-10-4-2-1-3-5-10)15(21)18-8-11(19)6-13(18)16(22)23/h1-5,11-13,19H,6-9,17H2,(H,22,23)/t11?,12-,13-/m0/s1. The molecular formula is C16H20N2O6. The van der Waals surface area contributed by atoms with Crippen LogP contribution in [0.15, 0.2) is 30.3 Å². The summed E-state index contributed by atoms with van der Waals surface area (Å²) >= 11 is 0. The van der Waals surface area contributed by atoms with Gasteiger partial charge in [-0.25, -0.2) is 4.79 Å². The van der Waals surface area contributed by atoms with Crippen LogP contribution >= 0.6 is 0 Å². The molecule has 1 aliphatic rings. The number of benzene rings is 1. The van der Waals surface area contributed by atoms with Crippen molar-refractivity contribution in [2.75, 3.05) is 6.54 Å². The highest BCUT2D eigenvalue weighted by Gasteiger charge is 2.40. The van der Waals surface area contributed by atoms with Crippen LogP contribution in [0, 0.1) is 0 Å². The van der Waals surface area contributed by atoms with Gasteiger partial charge in [0, 0.05) is 13.0 Å². The summed E-state index contributed by atoms with van der Waals surface area (Å²) in [6, 6.07) is 6.71. The number of ether oxygens (including phenoxy) is 1. The topological polar surface area (TPSA) is 130 Å². The highest BCUT2D eigenvalue weighted by Crippen LogP contribution is 2.19. The van der Waals surface area contributed by atoms with Crippen LogP contribution in [-0.4, -0.2) is 57.7 Å². The molecule has 1 aromatic rings. The number of nitrogens with zero attached hydrogens (tertiary/aromatic N) is 1. The first-order valence-electron chi connectivity index (χ1n) is 7.55. The summed E-state index contributed by atoms with van der Waals surface area (Å²) in [7, 11) is 0. The number of amides is 1. The van der Waals surface area contributed by atoms with Crippen molar-refractivity contribution in [2.24, 2.45) is 5.73 Å². The smallest absolute Gasteiger partial charge is 0.326 e. The van der Waals surface area contributed by atoms with Crippen molar-refractivity contribution in [3.05, 3.63) is 35.9 Å². The predicted molar refractivity (Wildman–Crippen MR) is 82.6 cm³/mol. The molecule has 1 aliphatic heterocycles. The molecule has 130 valence electrons. The van der Waals surface area contributed by atoms with E-state index in [0.717, 1.165) is 10.5 Å². The Kier molecular flexibility index (Phi) is 5.88. The van der Waals surface area contributed by atoms with Gasteiger partial charge in [-0.3, -0.25) is 9.59 Å². The van der Waals surface area contributed by atoms with Crippen molar-refractivity contribution in [1.29, 1.82) is 0 Å². The largest absolute Gasteiger partial charge is 0.480 e. The second-order valence-corrected chi connectivity index (χ2v) is 5.69. The molecule has 24 heavy (non-hydrogen) atoms. The molecule has 0 spiro atoms. The summed E-state index contributed by atoms with van der Waals surface area (Å²) in [4.78, 5) is 36.2. The van der Waals surface area contributed by atoms with E-state index in [1.807, 2.05) is 18.2 Å². The van der Waals surface area contributed by atoms with E-state index in [1.165, 1.54) is 0 Å². The molecule has 8 nitrogen and oxygen atoms in total. The first-order chi connectivity index (χ1) is 11.4. The second-order valence-electron chi connectivity index (χ2n) is 5.69. The quantitative estimate of drug-likeness (QED) is 0.597. The molecule has 8 heteroatoms. The van der Waals surface area contributed by atoms with Gasteiger partial charge >= 0.3 is 11.9 Å². The highest BCUT2D eigenvalue weighted by atomic mass is 16.5. The third-order valence-electron chi connectivity index (χ3n) is 3.79. The van der Waals surface area contributed by atoms with E-state index in [2.05, 4.69) is 0 Å². The number of hydrogen-bond donors (Lipinski definition) is 3. The lowest BCUT2D eigenvalue weighted by Crippen LogP contribution is -2.49. The molecule has 1 saturated heterocycles. The number of carboxylic acids is 1. The molecule has 1 aromatic carbocycles. The lowest BCUT2D eigenvalue weighted by atomic mass is 10.1. The van der Waals surface area contributed by atoms with E-state index in [-0.39, 0.29) is 26.0 Å². The van der Waals surface area contributed by atoms with Crippen molar-refractivity contribution in [3.8, 4) is 0 Å². The number of aliphatic carboxylic acids is 1. The monoisotopic (exact) mass is 336 g/mol. The summed E-state index contributed by atoms with van der Waals surface area (Å²) in [5, 5.41) is 18.6. The van der Waals surface area contributed by atoms with Gasteiger partial charge in [0.05, 0.1) is 18.6 Å². The molecule has 1 amide bonds. The fourth-order valence-electron chi connectivity index (χ4n) is 2.57. The summed E-state index contributed by atoms with van der Waals surface area (Å²) in [5.41, 5.74) is 6.51. The maximum absolute atomic E-state index is 12.2. The number of aliphatic hydroxyl groups is 1. The van der Waals surface area contributed by atoms with Crippen LogP contribution in [-0.2, 0) is 25.7 Å². The molecule has 0 bridgehead atoms. The average Bonchev–Trinajstić information content (AvgIpc) is 2.95. The fourth-order valence-corrected chi connectivity index (χ4v) is 2.57. The number of carboxylic acid groups (broad SMARTS) is 1. The van der Waals surface area contributed by atoms with Crippen LogP contribution in [0.25, 0.3) is 0 Å². The zero-order valence-corrected chi connectivity index (χ0v) is 13.0. The number of hydrogen-bond acceptors (Lipinski definition) is 6. The van der Waals surface area contributed by atoms with Gasteiger partial charge in [0.25, 0.3) is 0 Å². The summed E-state index contributed by atoms with van der Waals surface area (Å²) < 4.78 is 5.05. The van der Waals surface area contributed by atoms with Gasteiger partial charge in [0.15, 0.2) is 0 Å². The third kappa shape index (κ3) is 4.53. The van der Waals surface area contributed by atoms with Gasteiger partial charge in [-0.2, -0.15) is 0 Å². The number of esters is 1. The number of nitrogens with two attached hydrogens (primary N) is 1. The average molecular weight is 336 g/mol. The lowest BCUT2D eigenvalue weighted by molar-refractivity contribution is -0.151. The van der Waals surface area contributed by atoms with Crippen molar-refractivity contribution < 1.29 is 29.3 Å². The van der Waals surface area contributed by atoms with Crippen LogP contribution in [0.1, 0.15) is 18.4 Å². The molecule has 1 fully saturated rings. The van der Waals surface area contributed by atoms with E-state index in [0.29, 0.717) is 0 Å². The zero-order valence-electron chi connectivity index (χ0n) is 13.0.